The van der Waals surface area contributed by atoms with Gasteiger partial charge in [-0.05, 0) is 13.5 Å². The molecular weight excluding hydrogens is 194 g/mol. The summed E-state index contributed by atoms with van der Waals surface area (Å²) in [6, 6.07) is 0. The summed E-state index contributed by atoms with van der Waals surface area (Å²) in [4.78, 5) is 24.7. The molecule has 15 heavy (non-hydrogen) atoms. The average Bonchev–Trinajstić information content (AvgIpc) is 2.19. The van der Waals surface area contributed by atoms with Crippen LogP contribution in [0.5, 0.6) is 0 Å². The lowest BCUT2D eigenvalue weighted by Crippen LogP contribution is -2.46. The van der Waals surface area contributed by atoms with E-state index in [4.69, 9.17) is 4.74 Å². The van der Waals surface area contributed by atoms with Gasteiger partial charge in [0, 0.05) is 26.4 Å². The summed E-state index contributed by atoms with van der Waals surface area (Å²) in [6.45, 7) is 4.82. The number of ketones is 1. The number of piperidine rings is 1. The van der Waals surface area contributed by atoms with Gasteiger partial charge in [0.25, 0.3) is 0 Å². The highest BCUT2D eigenvalue weighted by Crippen LogP contribution is 2.21. The van der Waals surface area contributed by atoms with Crippen molar-refractivity contribution in [1.29, 1.82) is 0 Å². The molecular formula is C11H19NO3. The van der Waals surface area contributed by atoms with Gasteiger partial charge in [0.15, 0.2) is 0 Å². The van der Waals surface area contributed by atoms with Crippen LogP contribution >= 0.6 is 0 Å². The van der Waals surface area contributed by atoms with E-state index in [0.29, 0.717) is 13.0 Å². The Labute approximate surface area is 90.6 Å². The molecule has 0 aromatic carbocycles. The first-order chi connectivity index (χ1) is 7.04. The Morgan fingerprint density at radius 2 is 2.13 bits per heavy atom. The first kappa shape index (κ1) is 12.2. The van der Waals surface area contributed by atoms with Crippen LogP contribution in [-0.4, -0.2) is 42.9 Å². The molecule has 1 fully saturated rings. The fourth-order valence-electron chi connectivity index (χ4n) is 2.02. The van der Waals surface area contributed by atoms with Crippen molar-refractivity contribution in [1.82, 2.24) is 4.90 Å². The number of Topliss-reactive ketones (excluding diaryl/α,β-unsaturated/α-hetero) is 1. The zero-order valence-electron chi connectivity index (χ0n) is 9.66. The van der Waals surface area contributed by atoms with Crippen LogP contribution in [0.25, 0.3) is 0 Å². The lowest BCUT2D eigenvalue weighted by molar-refractivity contribution is -0.154. The van der Waals surface area contributed by atoms with Gasteiger partial charge in [0.05, 0.1) is 5.92 Å². The molecule has 0 aromatic rings. The molecule has 0 aliphatic carbocycles. The van der Waals surface area contributed by atoms with Gasteiger partial charge in [-0.15, -0.1) is 0 Å². The van der Waals surface area contributed by atoms with E-state index >= 15 is 0 Å². The molecule has 0 saturated carbocycles. The van der Waals surface area contributed by atoms with Gasteiger partial charge >= 0.3 is 5.97 Å². The number of esters is 1. The predicted octanol–water partition coefficient (Wildman–Crippen LogP) is 0.849. The lowest BCUT2D eigenvalue weighted by Gasteiger charge is -2.35. The van der Waals surface area contributed by atoms with E-state index in [1.54, 1.807) is 0 Å². The maximum atomic E-state index is 11.7. The molecule has 0 N–H and O–H groups in total. The maximum absolute atomic E-state index is 11.7. The Hall–Kier alpha value is -0.900. The highest BCUT2D eigenvalue weighted by molar-refractivity contribution is 5.82. The summed E-state index contributed by atoms with van der Waals surface area (Å²) in [5.41, 5.74) is 0. The third kappa shape index (κ3) is 3.30. The van der Waals surface area contributed by atoms with Crippen LogP contribution in [0.15, 0.2) is 0 Å². The number of carbonyl (C=O) groups is 2. The standard InChI is InChI=1S/C11H19NO3/c1-4-10(14)9-7-12(3)6-5-11(9)15-8(2)13/h9,11H,4-7H2,1-3H3. The number of rotatable bonds is 3. The normalized spacial score (nSPS) is 27.4. The number of nitrogens with zero attached hydrogens (tertiary/aromatic N) is 1. The third-order valence-corrected chi connectivity index (χ3v) is 2.83. The van der Waals surface area contributed by atoms with Crippen molar-refractivity contribution in [3.05, 3.63) is 0 Å². The minimum Gasteiger partial charge on any atom is -0.462 e. The van der Waals surface area contributed by atoms with E-state index in [9.17, 15) is 9.59 Å². The number of carbonyl (C=O) groups excluding carboxylic acids is 2. The van der Waals surface area contributed by atoms with E-state index in [1.807, 2.05) is 14.0 Å². The summed E-state index contributed by atoms with van der Waals surface area (Å²) in [5.74, 6) is -0.246. The topological polar surface area (TPSA) is 46.6 Å². The van der Waals surface area contributed by atoms with Crippen LogP contribution in [0, 0.1) is 5.92 Å². The van der Waals surface area contributed by atoms with Crippen LogP contribution in [-0.2, 0) is 14.3 Å². The molecule has 2 unspecified atom stereocenters. The van der Waals surface area contributed by atoms with E-state index < -0.39 is 0 Å². The Balaban J connectivity index is 2.65. The highest BCUT2D eigenvalue weighted by Gasteiger charge is 2.34. The smallest absolute Gasteiger partial charge is 0.302 e. The zero-order valence-corrected chi connectivity index (χ0v) is 9.66. The molecule has 0 radical (unpaired) electrons. The molecule has 0 aromatic heterocycles. The van der Waals surface area contributed by atoms with E-state index in [1.165, 1.54) is 6.92 Å². The highest BCUT2D eigenvalue weighted by atomic mass is 16.5. The molecule has 1 saturated heterocycles. The van der Waals surface area contributed by atoms with Crippen LogP contribution in [0.1, 0.15) is 26.7 Å². The van der Waals surface area contributed by atoms with Crippen molar-refractivity contribution in [2.75, 3.05) is 20.1 Å². The quantitative estimate of drug-likeness (QED) is 0.652. The van der Waals surface area contributed by atoms with Gasteiger partial charge in [-0.25, -0.2) is 0 Å². The summed E-state index contributed by atoms with van der Waals surface area (Å²) in [6.07, 6.45) is 1.05. The number of hydrogen-bond acceptors (Lipinski definition) is 4. The molecule has 86 valence electrons. The fourth-order valence-corrected chi connectivity index (χ4v) is 2.02. The van der Waals surface area contributed by atoms with E-state index in [-0.39, 0.29) is 23.8 Å². The first-order valence-electron chi connectivity index (χ1n) is 5.43. The fraction of sp³-hybridized carbons (Fsp3) is 0.818. The largest absolute Gasteiger partial charge is 0.462 e. The van der Waals surface area contributed by atoms with Crippen molar-refractivity contribution in [2.24, 2.45) is 5.92 Å². The average molecular weight is 213 g/mol. The van der Waals surface area contributed by atoms with Gasteiger partial charge in [0.2, 0.25) is 0 Å². The Bertz CT molecular complexity index is 252. The molecule has 0 amide bonds. The molecule has 0 bridgehead atoms. The van der Waals surface area contributed by atoms with Crippen LogP contribution in [0.4, 0.5) is 0 Å². The van der Waals surface area contributed by atoms with Gasteiger partial charge in [0.1, 0.15) is 11.9 Å². The van der Waals surface area contributed by atoms with Crippen molar-refractivity contribution in [3.8, 4) is 0 Å². The number of hydrogen-bond donors (Lipinski definition) is 0. The summed E-state index contributed by atoms with van der Waals surface area (Å²) in [7, 11) is 1.99. The van der Waals surface area contributed by atoms with Crippen LogP contribution in [0.2, 0.25) is 0 Å². The molecule has 2 atom stereocenters. The number of likely N-dealkylation sites (tertiary alicyclic amines) is 1. The molecule has 1 heterocycles. The molecule has 4 heteroatoms. The summed E-state index contributed by atoms with van der Waals surface area (Å²) < 4.78 is 5.19. The minimum atomic E-state index is -0.293. The molecule has 4 nitrogen and oxygen atoms in total. The Morgan fingerprint density at radius 3 is 2.67 bits per heavy atom. The minimum absolute atomic E-state index is 0.141. The first-order valence-corrected chi connectivity index (χ1v) is 5.43. The third-order valence-electron chi connectivity index (χ3n) is 2.83. The maximum Gasteiger partial charge on any atom is 0.302 e. The summed E-state index contributed by atoms with van der Waals surface area (Å²) >= 11 is 0. The Morgan fingerprint density at radius 1 is 1.47 bits per heavy atom. The van der Waals surface area contributed by atoms with Crippen molar-refractivity contribution < 1.29 is 14.3 Å². The van der Waals surface area contributed by atoms with Gasteiger partial charge in [-0.2, -0.15) is 0 Å². The predicted molar refractivity (Wildman–Crippen MR) is 56.5 cm³/mol. The second kappa shape index (κ2) is 5.26. The van der Waals surface area contributed by atoms with Crippen molar-refractivity contribution in [3.63, 3.8) is 0 Å². The molecule has 1 rings (SSSR count). The molecule has 1 aliphatic heterocycles. The van der Waals surface area contributed by atoms with Crippen molar-refractivity contribution >= 4 is 11.8 Å². The SMILES string of the molecule is CCC(=O)C1CN(C)CCC1OC(C)=O. The lowest BCUT2D eigenvalue weighted by atomic mass is 9.90. The molecule has 0 spiro atoms. The molecule has 1 aliphatic rings. The Kier molecular flexibility index (Phi) is 4.27. The second-order valence-electron chi connectivity index (χ2n) is 4.13. The van der Waals surface area contributed by atoms with Crippen molar-refractivity contribution in [2.45, 2.75) is 32.8 Å². The van der Waals surface area contributed by atoms with Crippen LogP contribution < -0.4 is 0 Å². The zero-order chi connectivity index (χ0) is 11.4. The number of ether oxygens (including phenoxy) is 1. The monoisotopic (exact) mass is 213 g/mol. The van der Waals surface area contributed by atoms with Gasteiger partial charge in [-0.3, -0.25) is 9.59 Å². The second-order valence-corrected chi connectivity index (χ2v) is 4.13. The van der Waals surface area contributed by atoms with E-state index in [2.05, 4.69) is 4.90 Å². The van der Waals surface area contributed by atoms with E-state index in [0.717, 1.165) is 13.0 Å². The van der Waals surface area contributed by atoms with Gasteiger partial charge in [-0.1, -0.05) is 6.92 Å². The summed E-state index contributed by atoms with van der Waals surface area (Å²) in [5, 5.41) is 0. The van der Waals surface area contributed by atoms with Crippen LogP contribution in [0.3, 0.4) is 0 Å². The van der Waals surface area contributed by atoms with Gasteiger partial charge < -0.3 is 9.64 Å².